The second kappa shape index (κ2) is 9.13. The fraction of sp³-hybridized carbons (Fsp3) is 0.364. The average molecular weight is 414 g/mol. The number of amides is 3. The van der Waals surface area contributed by atoms with E-state index in [1.54, 1.807) is 6.07 Å². The minimum absolute atomic E-state index is 0.0291. The van der Waals surface area contributed by atoms with E-state index in [1.807, 2.05) is 18.2 Å². The van der Waals surface area contributed by atoms with Crippen LogP contribution in [-0.4, -0.2) is 38.2 Å². The largest absolute Gasteiger partial charge is 0.490 e. The van der Waals surface area contributed by atoms with Crippen LogP contribution in [0.3, 0.4) is 0 Å². The minimum atomic E-state index is -0.740. The van der Waals surface area contributed by atoms with Crippen LogP contribution in [0.5, 0.6) is 11.5 Å². The third-order valence-corrected chi connectivity index (χ3v) is 5.42. The molecule has 2 heterocycles. The van der Waals surface area contributed by atoms with E-state index in [4.69, 9.17) is 9.47 Å². The van der Waals surface area contributed by atoms with Crippen molar-refractivity contribution in [3.63, 3.8) is 0 Å². The molecule has 2 aliphatic heterocycles. The molecule has 2 aromatic rings. The van der Waals surface area contributed by atoms with Crippen LogP contribution in [0.25, 0.3) is 0 Å². The summed E-state index contributed by atoms with van der Waals surface area (Å²) in [4.78, 5) is 25.5. The van der Waals surface area contributed by atoms with Gasteiger partial charge in [-0.25, -0.2) is 9.18 Å². The molecule has 7 nitrogen and oxygen atoms in total. The summed E-state index contributed by atoms with van der Waals surface area (Å²) < 4.78 is 25.1. The van der Waals surface area contributed by atoms with Crippen LogP contribution in [0, 0.1) is 5.82 Å². The van der Waals surface area contributed by atoms with E-state index >= 15 is 0 Å². The zero-order valence-corrected chi connectivity index (χ0v) is 16.6. The van der Waals surface area contributed by atoms with Gasteiger partial charge in [0.05, 0.1) is 25.4 Å². The molecule has 1 unspecified atom stereocenters. The number of carbonyl (C=O) groups excluding carboxylic acids is 2. The van der Waals surface area contributed by atoms with E-state index in [1.165, 1.54) is 18.2 Å². The number of para-hydroxylation sites is 1. The fourth-order valence-electron chi connectivity index (χ4n) is 4.02. The third kappa shape index (κ3) is 4.71. The smallest absolute Gasteiger partial charge is 0.326 e. The first-order chi connectivity index (χ1) is 14.6. The maximum absolute atomic E-state index is 13.6. The lowest BCUT2D eigenvalue weighted by molar-refractivity contribution is -0.910. The molecule has 2 aliphatic rings. The summed E-state index contributed by atoms with van der Waals surface area (Å²) in [6.45, 7) is 2.25. The van der Waals surface area contributed by atoms with E-state index in [0.717, 1.165) is 47.8 Å². The van der Waals surface area contributed by atoms with Crippen molar-refractivity contribution in [3.8, 4) is 11.5 Å². The predicted molar refractivity (Wildman–Crippen MR) is 108 cm³/mol. The highest BCUT2D eigenvalue weighted by molar-refractivity contribution is 6.01. The van der Waals surface area contributed by atoms with E-state index in [9.17, 15) is 14.0 Å². The van der Waals surface area contributed by atoms with Crippen molar-refractivity contribution in [2.24, 2.45) is 0 Å². The Morgan fingerprint density at radius 2 is 1.87 bits per heavy atom. The van der Waals surface area contributed by atoms with Crippen LogP contribution in [0.1, 0.15) is 30.9 Å². The Hall–Kier alpha value is -3.13. The van der Waals surface area contributed by atoms with Crippen molar-refractivity contribution in [3.05, 3.63) is 53.8 Å². The van der Waals surface area contributed by atoms with Gasteiger partial charge in [-0.15, -0.1) is 0 Å². The number of benzene rings is 2. The van der Waals surface area contributed by atoms with E-state index in [0.29, 0.717) is 13.2 Å². The van der Waals surface area contributed by atoms with E-state index in [2.05, 4.69) is 10.6 Å². The molecule has 0 aromatic heterocycles. The summed E-state index contributed by atoms with van der Waals surface area (Å²) in [5.74, 6) is 0.531. The Balaban J connectivity index is 1.37. The van der Waals surface area contributed by atoms with Gasteiger partial charge in [0.1, 0.15) is 11.9 Å². The highest BCUT2D eigenvalue weighted by Crippen LogP contribution is 2.33. The van der Waals surface area contributed by atoms with Gasteiger partial charge in [-0.2, -0.15) is 0 Å². The first kappa shape index (κ1) is 20.2. The number of anilines is 1. The highest BCUT2D eigenvalue weighted by atomic mass is 19.1. The molecule has 1 saturated heterocycles. The van der Waals surface area contributed by atoms with Crippen molar-refractivity contribution in [2.75, 3.05) is 31.6 Å². The van der Waals surface area contributed by atoms with Crippen LogP contribution in [0.15, 0.2) is 42.5 Å². The molecule has 0 bridgehead atoms. The van der Waals surface area contributed by atoms with Gasteiger partial charge < -0.3 is 19.7 Å². The van der Waals surface area contributed by atoms with Crippen molar-refractivity contribution in [1.29, 1.82) is 0 Å². The van der Waals surface area contributed by atoms with Gasteiger partial charge in [0.2, 0.25) is 0 Å². The summed E-state index contributed by atoms with van der Waals surface area (Å²) in [6.07, 6.45) is 2.78. The molecular formula is C22H25FN3O4+. The molecule has 8 heteroatoms. The SMILES string of the molecule is O=C(C[NH+]1CCC[C@H]1c1ccc2c(c1)OCCCO2)NC(=O)Nc1ccccc1F. The number of likely N-dealkylation sites (tertiary alicyclic amines) is 1. The molecule has 0 spiro atoms. The lowest BCUT2D eigenvalue weighted by Gasteiger charge is -2.22. The number of imide groups is 1. The number of rotatable bonds is 4. The lowest BCUT2D eigenvalue weighted by atomic mass is 10.0. The van der Waals surface area contributed by atoms with Crippen LogP contribution in [0.2, 0.25) is 0 Å². The molecular weight excluding hydrogens is 389 g/mol. The molecule has 2 aromatic carbocycles. The number of hydrogen-bond donors (Lipinski definition) is 3. The number of quaternary nitrogens is 1. The molecule has 3 amide bonds. The Bertz CT molecular complexity index is 936. The Morgan fingerprint density at radius 3 is 2.70 bits per heavy atom. The van der Waals surface area contributed by atoms with E-state index < -0.39 is 17.8 Å². The van der Waals surface area contributed by atoms with Gasteiger partial charge >= 0.3 is 6.03 Å². The summed E-state index contributed by atoms with van der Waals surface area (Å²) in [5.41, 5.74) is 1.12. The third-order valence-electron chi connectivity index (χ3n) is 5.42. The van der Waals surface area contributed by atoms with Gasteiger partial charge in [-0.05, 0) is 30.3 Å². The maximum Gasteiger partial charge on any atom is 0.326 e. The normalized spacial score (nSPS) is 20.3. The van der Waals surface area contributed by atoms with Crippen LogP contribution >= 0.6 is 0 Å². The summed E-state index contributed by atoms with van der Waals surface area (Å²) >= 11 is 0. The van der Waals surface area contributed by atoms with Crippen LogP contribution in [0.4, 0.5) is 14.9 Å². The van der Waals surface area contributed by atoms with Gasteiger partial charge in [0.15, 0.2) is 18.0 Å². The zero-order valence-electron chi connectivity index (χ0n) is 16.6. The second-order valence-corrected chi connectivity index (χ2v) is 7.52. The lowest BCUT2D eigenvalue weighted by Crippen LogP contribution is -3.11. The number of halogens is 1. The monoisotopic (exact) mass is 414 g/mol. The summed E-state index contributed by atoms with van der Waals surface area (Å²) in [7, 11) is 0. The summed E-state index contributed by atoms with van der Waals surface area (Å²) in [6, 6.07) is 11.2. The summed E-state index contributed by atoms with van der Waals surface area (Å²) in [5, 5.41) is 4.65. The topological polar surface area (TPSA) is 81.1 Å². The van der Waals surface area contributed by atoms with Crippen LogP contribution in [-0.2, 0) is 4.79 Å². The molecule has 2 atom stereocenters. The Labute approximate surface area is 174 Å². The molecule has 0 radical (unpaired) electrons. The number of carbonyl (C=O) groups is 2. The van der Waals surface area contributed by atoms with Crippen molar-refractivity contribution >= 4 is 17.6 Å². The van der Waals surface area contributed by atoms with Crippen LogP contribution < -0.4 is 25.0 Å². The van der Waals surface area contributed by atoms with Gasteiger partial charge in [-0.3, -0.25) is 10.1 Å². The first-order valence-electron chi connectivity index (χ1n) is 10.2. The molecule has 158 valence electrons. The van der Waals surface area contributed by atoms with E-state index in [-0.39, 0.29) is 18.3 Å². The number of nitrogens with one attached hydrogen (secondary N) is 3. The molecule has 0 aliphatic carbocycles. The average Bonchev–Trinajstić information content (AvgIpc) is 3.04. The van der Waals surface area contributed by atoms with Gasteiger partial charge in [-0.1, -0.05) is 12.1 Å². The molecule has 4 rings (SSSR count). The molecule has 30 heavy (non-hydrogen) atoms. The predicted octanol–water partition coefficient (Wildman–Crippen LogP) is 2.06. The first-order valence-corrected chi connectivity index (χ1v) is 10.2. The van der Waals surface area contributed by atoms with Gasteiger partial charge in [0.25, 0.3) is 5.91 Å². The maximum atomic E-state index is 13.6. The van der Waals surface area contributed by atoms with Crippen molar-refractivity contribution in [2.45, 2.75) is 25.3 Å². The zero-order chi connectivity index (χ0) is 20.9. The van der Waals surface area contributed by atoms with Gasteiger partial charge in [0, 0.05) is 24.8 Å². The number of ether oxygens (including phenoxy) is 2. The number of hydrogen-bond acceptors (Lipinski definition) is 4. The minimum Gasteiger partial charge on any atom is -0.490 e. The number of urea groups is 1. The Kier molecular flexibility index (Phi) is 6.13. The second-order valence-electron chi connectivity index (χ2n) is 7.52. The fourth-order valence-corrected chi connectivity index (χ4v) is 4.02. The molecule has 3 N–H and O–H groups in total. The quantitative estimate of drug-likeness (QED) is 0.716. The molecule has 0 saturated carbocycles. The highest BCUT2D eigenvalue weighted by Gasteiger charge is 2.32. The number of fused-ring (bicyclic) bond motifs is 1. The standard InChI is InChI=1S/C22H24FN3O4/c23-16-5-1-2-6-17(16)24-22(28)25-21(27)14-26-10-3-7-18(26)15-8-9-19-20(13-15)30-12-4-11-29-19/h1-2,5-6,8-9,13,18H,3-4,7,10-12,14H2,(H2,24,25,27,28)/p+1/t18-/m0/s1. The van der Waals surface area contributed by atoms with Crippen molar-refractivity contribution in [1.82, 2.24) is 5.32 Å². The molecule has 1 fully saturated rings. The van der Waals surface area contributed by atoms with Crippen molar-refractivity contribution < 1.29 is 28.4 Å². The Morgan fingerprint density at radius 1 is 1.07 bits per heavy atom.